The molecular weight excluding hydrogens is 289 g/mol. The third kappa shape index (κ3) is 3.65. The molecule has 0 aliphatic carbocycles. The topological polar surface area (TPSA) is 81.0 Å². The molecule has 0 saturated heterocycles. The first-order valence-corrected chi connectivity index (χ1v) is 5.73. The molecule has 2 aromatic rings. The van der Waals surface area contributed by atoms with Gasteiger partial charge in [0.05, 0.1) is 22.7 Å². The molecule has 0 bridgehead atoms. The molecule has 2 heterocycles. The minimum atomic E-state index is -4.68. The second-order valence-corrected chi connectivity index (χ2v) is 4.02. The molecule has 2 aromatic heterocycles. The average Bonchev–Trinajstić information content (AvgIpc) is 2.45. The Kier molecular flexibility index (Phi) is 4.01. The van der Waals surface area contributed by atoms with Crippen LogP contribution in [0.25, 0.3) is 0 Å². The molecule has 0 aliphatic heterocycles. The van der Waals surface area contributed by atoms with Gasteiger partial charge in [0.25, 0.3) is 0 Å². The van der Waals surface area contributed by atoms with E-state index < -0.39 is 22.4 Å². The summed E-state index contributed by atoms with van der Waals surface area (Å²) >= 11 is 0. The van der Waals surface area contributed by atoms with Crippen molar-refractivity contribution in [2.75, 3.05) is 5.32 Å². The Hall–Kier alpha value is -2.71. The largest absolute Gasteiger partial charge is 0.418 e. The van der Waals surface area contributed by atoms with Crippen molar-refractivity contribution in [1.82, 2.24) is 9.97 Å². The van der Waals surface area contributed by atoms with Gasteiger partial charge in [0, 0.05) is 18.5 Å². The molecule has 0 fully saturated rings. The van der Waals surface area contributed by atoms with Crippen LogP contribution in [0, 0.1) is 10.1 Å². The van der Waals surface area contributed by atoms with Crippen molar-refractivity contribution in [3.63, 3.8) is 0 Å². The third-order valence-electron chi connectivity index (χ3n) is 2.55. The molecule has 21 heavy (non-hydrogen) atoms. The molecule has 1 N–H and O–H groups in total. The molecule has 0 amide bonds. The monoisotopic (exact) mass is 298 g/mol. The van der Waals surface area contributed by atoms with Gasteiger partial charge in [-0.25, -0.2) is 4.98 Å². The zero-order valence-electron chi connectivity index (χ0n) is 10.5. The first-order chi connectivity index (χ1) is 9.88. The van der Waals surface area contributed by atoms with Crippen molar-refractivity contribution in [3.8, 4) is 0 Å². The van der Waals surface area contributed by atoms with E-state index in [1.807, 2.05) is 0 Å². The van der Waals surface area contributed by atoms with Crippen LogP contribution in [0.4, 0.5) is 24.7 Å². The molecule has 0 unspecified atom stereocenters. The molecule has 0 aromatic carbocycles. The maximum atomic E-state index is 12.5. The number of hydrogen-bond donors (Lipinski definition) is 1. The molecule has 2 rings (SSSR count). The van der Waals surface area contributed by atoms with Crippen molar-refractivity contribution < 1.29 is 18.1 Å². The third-order valence-corrected chi connectivity index (χ3v) is 2.55. The van der Waals surface area contributed by atoms with Crippen LogP contribution in [-0.2, 0) is 12.7 Å². The van der Waals surface area contributed by atoms with Gasteiger partial charge in [-0.1, -0.05) is 6.07 Å². The summed E-state index contributed by atoms with van der Waals surface area (Å²) in [6.07, 6.45) is -2.60. The lowest BCUT2D eigenvalue weighted by Crippen LogP contribution is -2.10. The molecule has 0 atom stereocenters. The Morgan fingerprint density at radius 3 is 2.62 bits per heavy atom. The van der Waals surface area contributed by atoms with Crippen LogP contribution in [0.3, 0.4) is 0 Å². The normalized spacial score (nSPS) is 11.2. The van der Waals surface area contributed by atoms with Crippen LogP contribution in [-0.4, -0.2) is 14.9 Å². The van der Waals surface area contributed by atoms with Crippen LogP contribution in [0.2, 0.25) is 0 Å². The molecular formula is C12H9F3N4O2. The quantitative estimate of drug-likeness (QED) is 0.693. The maximum absolute atomic E-state index is 12.5. The van der Waals surface area contributed by atoms with Gasteiger partial charge in [-0.15, -0.1) is 0 Å². The van der Waals surface area contributed by atoms with Crippen molar-refractivity contribution in [1.29, 1.82) is 0 Å². The van der Waals surface area contributed by atoms with E-state index in [0.29, 0.717) is 18.0 Å². The number of aromatic nitrogens is 2. The van der Waals surface area contributed by atoms with E-state index >= 15 is 0 Å². The fourth-order valence-electron chi connectivity index (χ4n) is 1.56. The molecule has 6 nitrogen and oxygen atoms in total. The summed E-state index contributed by atoms with van der Waals surface area (Å²) in [6.45, 7) is 0.111. The van der Waals surface area contributed by atoms with Gasteiger partial charge < -0.3 is 5.32 Å². The lowest BCUT2D eigenvalue weighted by molar-refractivity contribution is -0.384. The van der Waals surface area contributed by atoms with E-state index in [9.17, 15) is 23.3 Å². The molecule has 9 heteroatoms. The number of rotatable bonds is 4. The fraction of sp³-hybridized carbons (Fsp3) is 0.167. The first-order valence-electron chi connectivity index (χ1n) is 5.73. The SMILES string of the molecule is O=[N+]([O-])c1cc(C(F)(F)F)cnc1NCc1ccccn1. The van der Waals surface area contributed by atoms with Crippen LogP contribution in [0.15, 0.2) is 36.7 Å². The molecule has 0 aliphatic rings. The Labute approximate surface area is 116 Å². The summed E-state index contributed by atoms with van der Waals surface area (Å²) in [4.78, 5) is 17.4. The van der Waals surface area contributed by atoms with Crippen LogP contribution < -0.4 is 5.32 Å². The first kappa shape index (κ1) is 14.7. The van der Waals surface area contributed by atoms with E-state index in [1.54, 1.807) is 18.2 Å². The van der Waals surface area contributed by atoms with E-state index in [1.165, 1.54) is 6.20 Å². The van der Waals surface area contributed by atoms with Crippen molar-refractivity contribution in [3.05, 3.63) is 58.0 Å². The Morgan fingerprint density at radius 2 is 2.05 bits per heavy atom. The number of nitrogens with zero attached hydrogens (tertiary/aromatic N) is 3. The summed E-state index contributed by atoms with van der Waals surface area (Å²) in [6, 6.07) is 5.54. The second kappa shape index (κ2) is 5.73. The van der Waals surface area contributed by atoms with Crippen LogP contribution in [0.5, 0.6) is 0 Å². The summed E-state index contributed by atoms with van der Waals surface area (Å²) in [5.74, 6) is -0.237. The Balaban J connectivity index is 2.25. The summed E-state index contributed by atoms with van der Waals surface area (Å²) in [5, 5.41) is 13.5. The number of pyridine rings is 2. The maximum Gasteiger partial charge on any atom is 0.418 e. The highest BCUT2D eigenvalue weighted by atomic mass is 19.4. The van der Waals surface area contributed by atoms with Gasteiger partial charge in [-0.3, -0.25) is 15.1 Å². The highest BCUT2D eigenvalue weighted by Gasteiger charge is 2.33. The van der Waals surface area contributed by atoms with Gasteiger partial charge in [-0.05, 0) is 12.1 Å². The van der Waals surface area contributed by atoms with Gasteiger partial charge in [0.2, 0.25) is 5.82 Å². The van der Waals surface area contributed by atoms with Crippen molar-refractivity contribution >= 4 is 11.5 Å². The lowest BCUT2D eigenvalue weighted by Gasteiger charge is -2.09. The number of nitro groups is 1. The molecule has 0 saturated carbocycles. The number of alkyl halides is 3. The average molecular weight is 298 g/mol. The number of hydrogen-bond acceptors (Lipinski definition) is 5. The predicted octanol–water partition coefficient (Wildman–Crippen LogP) is 3.02. The predicted molar refractivity (Wildman–Crippen MR) is 67.5 cm³/mol. The van der Waals surface area contributed by atoms with Crippen LogP contribution in [0.1, 0.15) is 11.3 Å². The number of halogens is 3. The molecule has 110 valence electrons. The van der Waals surface area contributed by atoms with Gasteiger partial charge in [0.15, 0.2) is 0 Å². The standard InChI is InChI=1S/C12H9F3N4O2/c13-12(14,15)8-5-10(19(20)21)11(17-6-8)18-7-9-3-1-2-4-16-9/h1-6H,7H2,(H,17,18). The number of nitrogens with one attached hydrogen (secondary N) is 1. The minimum Gasteiger partial charge on any atom is -0.359 e. The molecule has 0 radical (unpaired) electrons. The number of anilines is 1. The van der Waals surface area contributed by atoms with E-state index in [4.69, 9.17) is 0 Å². The highest BCUT2D eigenvalue weighted by molar-refractivity contribution is 5.57. The lowest BCUT2D eigenvalue weighted by atomic mass is 10.2. The minimum absolute atomic E-state index is 0.111. The van der Waals surface area contributed by atoms with Crippen LogP contribution >= 0.6 is 0 Å². The fourth-order valence-corrected chi connectivity index (χ4v) is 1.56. The van der Waals surface area contributed by atoms with Gasteiger partial charge >= 0.3 is 11.9 Å². The zero-order chi connectivity index (χ0) is 15.5. The Bertz CT molecular complexity index is 647. The summed E-state index contributed by atoms with van der Waals surface area (Å²) in [5.41, 5.74) is -1.33. The smallest absolute Gasteiger partial charge is 0.359 e. The van der Waals surface area contributed by atoms with Crippen molar-refractivity contribution in [2.45, 2.75) is 12.7 Å². The summed E-state index contributed by atoms with van der Waals surface area (Å²) in [7, 11) is 0. The van der Waals surface area contributed by atoms with Crippen molar-refractivity contribution in [2.24, 2.45) is 0 Å². The van der Waals surface area contributed by atoms with Gasteiger partial charge in [-0.2, -0.15) is 13.2 Å². The van der Waals surface area contributed by atoms with E-state index in [0.717, 1.165) is 0 Å². The highest BCUT2D eigenvalue weighted by Crippen LogP contribution is 2.33. The Morgan fingerprint density at radius 1 is 1.29 bits per heavy atom. The zero-order valence-corrected chi connectivity index (χ0v) is 10.5. The summed E-state index contributed by atoms with van der Waals surface area (Å²) < 4.78 is 37.6. The molecule has 0 spiro atoms. The van der Waals surface area contributed by atoms with Gasteiger partial charge in [0.1, 0.15) is 0 Å². The van der Waals surface area contributed by atoms with E-state index in [-0.39, 0.29) is 12.4 Å². The second-order valence-electron chi connectivity index (χ2n) is 4.02. The van der Waals surface area contributed by atoms with E-state index in [2.05, 4.69) is 15.3 Å².